The average molecular weight is 248 g/mol. The molecule has 1 aliphatic carbocycles. The summed E-state index contributed by atoms with van der Waals surface area (Å²) in [5, 5.41) is 0. The Morgan fingerprint density at radius 3 is 2.78 bits per heavy atom. The molecule has 1 fully saturated rings. The lowest BCUT2D eigenvalue weighted by Crippen LogP contribution is -2.29. The van der Waals surface area contributed by atoms with Crippen LogP contribution in [0.2, 0.25) is 0 Å². The molecule has 1 aliphatic rings. The predicted octanol–water partition coefficient (Wildman–Crippen LogP) is 2.01. The van der Waals surface area contributed by atoms with E-state index in [4.69, 9.17) is 10.5 Å². The third-order valence-corrected chi connectivity index (χ3v) is 3.61. The summed E-state index contributed by atoms with van der Waals surface area (Å²) in [6, 6.07) is 5.27. The van der Waals surface area contributed by atoms with Crippen molar-refractivity contribution >= 4 is 11.6 Å². The molecule has 0 heterocycles. The smallest absolute Gasteiger partial charge is 0.257 e. The van der Waals surface area contributed by atoms with Gasteiger partial charge in [-0.25, -0.2) is 0 Å². The summed E-state index contributed by atoms with van der Waals surface area (Å²) < 4.78 is 5.22. The third-order valence-electron chi connectivity index (χ3n) is 3.61. The molecule has 2 rings (SSSR count). The second-order valence-corrected chi connectivity index (χ2v) is 5.09. The van der Waals surface area contributed by atoms with Crippen LogP contribution < -0.4 is 10.5 Å². The fourth-order valence-electron chi connectivity index (χ4n) is 2.24. The molecule has 0 spiro atoms. The zero-order valence-electron chi connectivity index (χ0n) is 11.1. The molecule has 1 saturated carbocycles. The number of anilines is 1. The summed E-state index contributed by atoms with van der Waals surface area (Å²) in [7, 11) is 3.36. The minimum Gasteiger partial charge on any atom is -0.494 e. The quantitative estimate of drug-likeness (QED) is 0.829. The van der Waals surface area contributed by atoms with Crippen LogP contribution in [0.3, 0.4) is 0 Å². The molecular formula is C14H20N2O2. The first-order valence-electron chi connectivity index (χ1n) is 6.22. The van der Waals surface area contributed by atoms with Crippen molar-refractivity contribution in [2.45, 2.75) is 13.3 Å². The van der Waals surface area contributed by atoms with Crippen molar-refractivity contribution in [2.75, 3.05) is 26.4 Å². The van der Waals surface area contributed by atoms with E-state index in [1.54, 1.807) is 23.1 Å². The van der Waals surface area contributed by atoms with E-state index < -0.39 is 0 Å². The minimum atomic E-state index is -0.0294. The maximum absolute atomic E-state index is 12.3. The largest absolute Gasteiger partial charge is 0.494 e. The van der Waals surface area contributed by atoms with Crippen LogP contribution in [-0.2, 0) is 0 Å². The Kier molecular flexibility index (Phi) is 3.45. The van der Waals surface area contributed by atoms with Crippen LogP contribution in [0.25, 0.3) is 0 Å². The number of nitrogen functional groups attached to an aromatic ring is 1. The van der Waals surface area contributed by atoms with Crippen LogP contribution in [0.5, 0.6) is 5.75 Å². The van der Waals surface area contributed by atoms with Crippen LogP contribution in [0.4, 0.5) is 5.69 Å². The SMILES string of the molecule is COc1c(N)cccc1C(=O)N(C)CC1CC1C. The maximum Gasteiger partial charge on any atom is 0.257 e. The Morgan fingerprint density at radius 2 is 2.22 bits per heavy atom. The standard InChI is InChI=1S/C14H20N2O2/c1-9-7-10(9)8-16(2)14(17)11-5-4-6-12(15)13(11)18-3/h4-6,9-10H,7-8,15H2,1-3H3. The summed E-state index contributed by atoms with van der Waals surface area (Å²) in [5.41, 5.74) is 6.84. The van der Waals surface area contributed by atoms with Gasteiger partial charge in [0.15, 0.2) is 5.75 Å². The molecule has 2 N–H and O–H groups in total. The van der Waals surface area contributed by atoms with Crippen LogP contribution >= 0.6 is 0 Å². The van der Waals surface area contributed by atoms with Crippen molar-refractivity contribution in [3.8, 4) is 5.75 Å². The van der Waals surface area contributed by atoms with Crippen molar-refractivity contribution in [1.29, 1.82) is 0 Å². The highest BCUT2D eigenvalue weighted by atomic mass is 16.5. The minimum absolute atomic E-state index is 0.0294. The Balaban J connectivity index is 2.15. The topological polar surface area (TPSA) is 55.6 Å². The van der Waals surface area contributed by atoms with E-state index >= 15 is 0 Å². The first kappa shape index (κ1) is 12.7. The summed E-state index contributed by atoms with van der Waals surface area (Å²) in [6.45, 7) is 3.02. The summed E-state index contributed by atoms with van der Waals surface area (Å²) >= 11 is 0. The van der Waals surface area contributed by atoms with Gasteiger partial charge in [-0.15, -0.1) is 0 Å². The Morgan fingerprint density at radius 1 is 1.56 bits per heavy atom. The van der Waals surface area contributed by atoms with Gasteiger partial charge in [0.05, 0.1) is 18.4 Å². The number of hydrogen-bond acceptors (Lipinski definition) is 3. The van der Waals surface area contributed by atoms with Gasteiger partial charge < -0.3 is 15.4 Å². The zero-order chi connectivity index (χ0) is 13.3. The number of nitrogens with two attached hydrogens (primary N) is 1. The fraction of sp³-hybridized carbons (Fsp3) is 0.500. The lowest BCUT2D eigenvalue weighted by Gasteiger charge is -2.19. The van der Waals surface area contributed by atoms with E-state index in [2.05, 4.69) is 6.92 Å². The van der Waals surface area contributed by atoms with E-state index in [-0.39, 0.29) is 5.91 Å². The Hall–Kier alpha value is -1.71. The highest BCUT2D eigenvalue weighted by molar-refractivity contribution is 5.98. The summed E-state index contributed by atoms with van der Waals surface area (Å²) in [6.07, 6.45) is 1.21. The number of amides is 1. The molecule has 1 aromatic rings. The summed E-state index contributed by atoms with van der Waals surface area (Å²) in [4.78, 5) is 14.1. The number of carbonyl (C=O) groups is 1. The van der Waals surface area contributed by atoms with E-state index in [0.717, 1.165) is 12.5 Å². The lowest BCUT2D eigenvalue weighted by molar-refractivity contribution is 0.0784. The number of methoxy groups -OCH3 is 1. The molecule has 18 heavy (non-hydrogen) atoms. The lowest BCUT2D eigenvalue weighted by atomic mass is 10.1. The molecule has 1 amide bonds. The van der Waals surface area contributed by atoms with Crippen LogP contribution in [0, 0.1) is 11.8 Å². The number of rotatable bonds is 4. The first-order valence-corrected chi connectivity index (χ1v) is 6.22. The molecular weight excluding hydrogens is 228 g/mol. The number of carbonyl (C=O) groups excluding carboxylic acids is 1. The van der Waals surface area contributed by atoms with E-state index in [0.29, 0.717) is 22.9 Å². The van der Waals surface area contributed by atoms with Gasteiger partial charge in [0.25, 0.3) is 5.91 Å². The second kappa shape index (κ2) is 4.88. The number of benzene rings is 1. The van der Waals surface area contributed by atoms with Crippen molar-refractivity contribution in [3.63, 3.8) is 0 Å². The third kappa shape index (κ3) is 2.42. The zero-order valence-corrected chi connectivity index (χ0v) is 11.1. The number of para-hydroxylation sites is 1. The Bertz CT molecular complexity index is 459. The van der Waals surface area contributed by atoms with E-state index in [1.807, 2.05) is 7.05 Å². The molecule has 0 aromatic heterocycles. The van der Waals surface area contributed by atoms with Gasteiger partial charge in [-0.1, -0.05) is 13.0 Å². The average Bonchev–Trinajstić information content (AvgIpc) is 3.03. The van der Waals surface area contributed by atoms with E-state index in [9.17, 15) is 4.79 Å². The molecule has 98 valence electrons. The van der Waals surface area contributed by atoms with Gasteiger partial charge in [-0.2, -0.15) is 0 Å². The van der Waals surface area contributed by atoms with Gasteiger partial charge in [0.1, 0.15) is 0 Å². The maximum atomic E-state index is 12.3. The van der Waals surface area contributed by atoms with Gasteiger partial charge in [-0.05, 0) is 30.4 Å². The molecule has 1 aromatic carbocycles. The monoisotopic (exact) mass is 248 g/mol. The fourth-order valence-corrected chi connectivity index (χ4v) is 2.24. The molecule has 4 heteroatoms. The second-order valence-electron chi connectivity index (χ2n) is 5.09. The number of hydrogen-bond donors (Lipinski definition) is 1. The van der Waals surface area contributed by atoms with Crippen molar-refractivity contribution < 1.29 is 9.53 Å². The number of ether oxygens (including phenoxy) is 1. The normalized spacial score (nSPS) is 21.5. The van der Waals surface area contributed by atoms with Gasteiger partial charge >= 0.3 is 0 Å². The van der Waals surface area contributed by atoms with Gasteiger partial charge in [-0.3, -0.25) is 4.79 Å². The van der Waals surface area contributed by atoms with E-state index in [1.165, 1.54) is 13.5 Å². The molecule has 0 radical (unpaired) electrons. The van der Waals surface area contributed by atoms with Crippen LogP contribution in [0.15, 0.2) is 18.2 Å². The molecule has 0 bridgehead atoms. The highest BCUT2D eigenvalue weighted by Gasteiger charge is 2.34. The Labute approximate surface area is 108 Å². The molecule has 0 saturated heterocycles. The van der Waals surface area contributed by atoms with Crippen molar-refractivity contribution in [1.82, 2.24) is 4.90 Å². The predicted molar refractivity (Wildman–Crippen MR) is 71.6 cm³/mol. The highest BCUT2D eigenvalue weighted by Crippen LogP contribution is 2.38. The first-order chi connectivity index (χ1) is 8.54. The van der Waals surface area contributed by atoms with Crippen LogP contribution in [-0.4, -0.2) is 31.5 Å². The molecule has 0 aliphatic heterocycles. The van der Waals surface area contributed by atoms with Gasteiger partial charge in [0.2, 0.25) is 0 Å². The van der Waals surface area contributed by atoms with Crippen molar-refractivity contribution in [2.24, 2.45) is 11.8 Å². The van der Waals surface area contributed by atoms with Crippen molar-refractivity contribution in [3.05, 3.63) is 23.8 Å². The summed E-state index contributed by atoms with van der Waals surface area (Å²) in [5.74, 6) is 1.82. The molecule has 4 nitrogen and oxygen atoms in total. The van der Waals surface area contributed by atoms with Gasteiger partial charge in [0, 0.05) is 13.6 Å². The molecule has 2 atom stereocenters. The number of nitrogens with zero attached hydrogens (tertiary/aromatic N) is 1. The molecule has 2 unspecified atom stereocenters. The van der Waals surface area contributed by atoms with Crippen LogP contribution in [0.1, 0.15) is 23.7 Å².